The highest BCUT2D eigenvalue weighted by Gasteiger charge is 2.37. The fourth-order valence-corrected chi connectivity index (χ4v) is 5.12. The Hall–Kier alpha value is -1.50. The molecule has 6 heteroatoms. The van der Waals surface area contributed by atoms with Crippen molar-refractivity contribution in [3.05, 3.63) is 29.3 Å². The van der Waals surface area contributed by atoms with Crippen LogP contribution in [0.25, 0.3) is 10.6 Å². The molecule has 2 aromatic rings. The van der Waals surface area contributed by atoms with Gasteiger partial charge in [-0.05, 0) is 78.1 Å². The van der Waals surface area contributed by atoms with Crippen molar-refractivity contribution >= 4 is 17.3 Å². The van der Waals surface area contributed by atoms with Crippen LogP contribution in [-0.2, 0) is 6.42 Å². The highest BCUT2D eigenvalue weighted by atomic mass is 32.1. The molecule has 0 bridgehead atoms. The van der Waals surface area contributed by atoms with Gasteiger partial charge in [-0.2, -0.15) is 0 Å². The molecule has 0 saturated carbocycles. The van der Waals surface area contributed by atoms with Crippen LogP contribution in [0.15, 0.2) is 24.4 Å². The zero-order valence-electron chi connectivity index (χ0n) is 16.3. The van der Waals surface area contributed by atoms with Gasteiger partial charge in [-0.3, -0.25) is 0 Å². The van der Waals surface area contributed by atoms with Crippen molar-refractivity contribution in [3.8, 4) is 10.6 Å². The molecular weight excluding hydrogens is 342 g/mol. The molecule has 4 N–H and O–H groups in total. The summed E-state index contributed by atoms with van der Waals surface area (Å²) in [5.74, 6) is 0.720. The molecule has 26 heavy (non-hydrogen) atoms. The standard InChI is InChI=1S/C20H31N5S/c1-19(2)12-14(13-20(3,4)25-19)23-18-22-11-9-16(24-18)17-8-7-15(26-17)6-5-10-21/h7-9,11,14,25H,5-6,10,12-13,21H2,1-4H3,(H,22,23,24). The number of nitrogens with zero attached hydrogens (tertiary/aromatic N) is 2. The van der Waals surface area contributed by atoms with E-state index in [9.17, 15) is 0 Å². The minimum Gasteiger partial charge on any atom is -0.351 e. The normalized spacial score (nSPS) is 19.4. The van der Waals surface area contributed by atoms with Crippen LogP contribution in [0.4, 0.5) is 5.95 Å². The maximum absolute atomic E-state index is 5.61. The van der Waals surface area contributed by atoms with E-state index in [1.165, 1.54) is 9.75 Å². The first-order chi connectivity index (χ1) is 12.3. The largest absolute Gasteiger partial charge is 0.351 e. The number of nitrogens with one attached hydrogen (secondary N) is 2. The van der Waals surface area contributed by atoms with Crippen molar-refractivity contribution < 1.29 is 0 Å². The van der Waals surface area contributed by atoms with Gasteiger partial charge in [0.25, 0.3) is 0 Å². The first kappa shape index (κ1) is 19.3. The van der Waals surface area contributed by atoms with Gasteiger partial charge in [-0.15, -0.1) is 11.3 Å². The average Bonchev–Trinajstić information content (AvgIpc) is 2.99. The van der Waals surface area contributed by atoms with Crippen LogP contribution in [0.3, 0.4) is 0 Å². The van der Waals surface area contributed by atoms with Crippen LogP contribution < -0.4 is 16.4 Å². The number of nitrogens with two attached hydrogens (primary N) is 1. The molecule has 0 radical (unpaired) electrons. The molecule has 0 atom stereocenters. The van der Waals surface area contributed by atoms with E-state index in [4.69, 9.17) is 10.7 Å². The molecule has 0 unspecified atom stereocenters. The van der Waals surface area contributed by atoms with Gasteiger partial charge >= 0.3 is 0 Å². The Bertz CT molecular complexity index is 721. The van der Waals surface area contributed by atoms with E-state index in [0.29, 0.717) is 6.04 Å². The molecule has 1 saturated heterocycles. The first-order valence-electron chi connectivity index (χ1n) is 9.44. The van der Waals surface area contributed by atoms with Crippen molar-refractivity contribution in [3.63, 3.8) is 0 Å². The number of piperidine rings is 1. The summed E-state index contributed by atoms with van der Waals surface area (Å²) < 4.78 is 0. The Morgan fingerprint density at radius 1 is 1.19 bits per heavy atom. The summed E-state index contributed by atoms with van der Waals surface area (Å²) >= 11 is 1.80. The minimum atomic E-state index is 0.0999. The molecular formula is C20H31N5S. The highest BCUT2D eigenvalue weighted by Crippen LogP contribution is 2.31. The summed E-state index contributed by atoms with van der Waals surface area (Å²) in [5, 5.41) is 7.29. The summed E-state index contributed by atoms with van der Waals surface area (Å²) in [6.45, 7) is 9.77. The second kappa shape index (κ2) is 7.62. The topological polar surface area (TPSA) is 75.9 Å². The van der Waals surface area contributed by atoms with Gasteiger partial charge in [-0.25, -0.2) is 9.97 Å². The van der Waals surface area contributed by atoms with Gasteiger partial charge in [0.1, 0.15) is 0 Å². The van der Waals surface area contributed by atoms with Gasteiger partial charge in [0.05, 0.1) is 10.6 Å². The van der Waals surface area contributed by atoms with E-state index in [1.54, 1.807) is 11.3 Å². The fourth-order valence-electron chi connectivity index (χ4n) is 4.10. The summed E-state index contributed by atoms with van der Waals surface area (Å²) in [6, 6.07) is 6.68. The monoisotopic (exact) mass is 373 g/mol. The summed E-state index contributed by atoms with van der Waals surface area (Å²) in [6.07, 6.45) is 6.01. The number of aryl methyl sites for hydroxylation is 1. The van der Waals surface area contributed by atoms with Crippen LogP contribution in [0.2, 0.25) is 0 Å². The van der Waals surface area contributed by atoms with Crippen LogP contribution in [-0.4, -0.2) is 33.6 Å². The first-order valence-corrected chi connectivity index (χ1v) is 10.3. The lowest BCUT2D eigenvalue weighted by Gasteiger charge is -2.46. The fraction of sp³-hybridized carbons (Fsp3) is 0.600. The third-order valence-electron chi connectivity index (χ3n) is 4.72. The molecule has 0 amide bonds. The van der Waals surface area contributed by atoms with Crippen LogP contribution >= 0.6 is 11.3 Å². The van der Waals surface area contributed by atoms with Crippen molar-refractivity contribution in [2.75, 3.05) is 11.9 Å². The third kappa shape index (κ3) is 5.02. The van der Waals surface area contributed by atoms with Crippen molar-refractivity contribution in [1.29, 1.82) is 0 Å². The summed E-state index contributed by atoms with van der Waals surface area (Å²) in [5.41, 5.74) is 6.80. The Morgan fingerprint density at radius 2 is 1.92 bits per heavy atom. The van der Waals surface area contributed by atoms with Gasteiger partial charge in [-0.1, -0.05) is 0 Å². The van der Waals surface area contributed by atoms with Crippen LogP contribution in [0.1, 0.15) is 51.8 Å². The molecule has 5 nitrogen and oxygen atoms in total. The van der Waals surface area contributed by atoms with Crippen LogP contribution in [0, 0.1) is 0 Å². The zero-order chi connectivity index (χ0) is 18.8. The van der Waals surface area contributed by atoms with Gasteiger partial charge in [0.2, 0.25) is 5.95 Å². The second-order valence-corrected chi connectivity index (χ2v) is 9.73. The Balaban J connectivity index is 1.72. The number of anilines is 1. The molecule has 0 aliphatic carbocycles. The zero-order valence-corrected chi connectivity index (χ0v) is 17.1. The molecule has 1 aliphatic rings. The van der Waals surface area contributed by atoms with E-state index < -0.39 is 0 Å². The Kier molecular flexibility index (Phi) is 5.65. The van der Waals surface area contributed by atoms with Crippen LogP contribution in [0.5, 0.6) is 0 Å². The van der Waals surface area contributed by atoms with E-state index in [-0.39, 0.29) is 11.1 Å². The summed E-state index contributed by atoms with van der Waals surface area (Å²) in [7, 11) is 0. The molecule has 0 aromatic carbocycles. The predicted molar refractivity (Wildman–Crippen MR) is 111 cm³/mol. The number of hydrogen-bond acceptors (Lipinski definition) is 6. The Labute approximate surface area is 160 Å². The molecule has 1 aliphatic heterocycles. The van der Waals surface area contributed by atoms with Gasteiger partial charge < -0.3 is 16.4 Å². The van der Waals surface area contributed by atoms with Gasteiger partial charge in [0, 0.05) is 28.2 Å². The predicted octanol–water partition coefficient (Wildman–Crippen LogP) is 3.82. The van der Waals surface area contributed by atoms with Crippen molar-refractivity contribution in [1.82, 2.24) is 15.3 Å². The third-order valence-corrected chi connectivity index (χ3v) is 5.89. The smallest absolute Gasteiger partial charge is 0.223 e. The van der Waals surface area contributed by atoms with E-state index in [2.05, 4.69) is 55.4 Å². The highest BCUT2D eigenvalue weighted by molar-refractivity contribution is 7.15. The molecule has 1 fully saturated rings. The van der Waals surface area contributed by atoms with E-state index in [1.807, 2.05) is 12.3 Å². The molecule has 3 rings (SSSR count). The maximum Gasteiger partial charge on any atom is 0.223 e. The van der Waals surface area contributed by atoms with Crippen molar-refractivity contribution in [2.45, 2.75) is 70.5 Å². The number of rotatable bonds is 6. The number of aromatic nitrogens is 2. The minimum absolute atomic E-state index is 0.0999. The average molecular weight is 374 g/mol. The molecule has 3 heterocycles. The second-order valence-electron chi connectivity index (χ2n) is 8.57. The molecule has 0 spiro atoms. The van der Waals surface area contributed by atoms with Gasteiger partial charge in [0.15, 0.2) is 0 Å². The lowest BCUT2D eigenvalue weighted by molar-refractivity contribution is 0.170. The quantitative estimate of drug-likeness (QED) is 0.718. The van der Waals surface area contributed by atoms with E-state index >= 15 is 0 Å². The maximum atomic E-state index is 5.61. The SMILES string of the molecule is CC1(C)CC(Nc2nccc(-c3ccc(CCCN)s3)n2)CC(C)(C)N1. The van der Waals surface area contributed by atoms with E-state index in [0.717, 1.165) is 43.9 Å². The number of thiophene rings is 1. The number of hydrogen-bond donors (Lipinski definition) is 3. The lowest BCUT2D eigenvalue weighted by Crippen LogP contribution is -2.60. The Morgan fingerprint density at radius 3 is 2.62 bits per heavy atom. The molecule has 142 valence electrons. The van der Waals surface area contributed by atoms with Crippen molar-refractivity contribution in [2.24, 2.45) is 5.73 Å². The lowest BCUT2D eigenvalue weighted by atomic mass is 9.80. The summed E-state index contributed by atoms with van der Waals surface area (Å²) in [4.78, 5) is 11.8. The molecule has 2 aromatic heterocycles.